The van der Waals surface area contributed by atoms with Gasteiger partial charge in [-0.3, -0.25) is 9.00 Å². The standard InChI is InChI=1S/C13H28N2O2S/c1-5-15(6-2)13(16)11-18(17)10-8-7-9-12(3)14-4/h12,14H,5-11H2,1-4H3. The highest BCUT2D eigenvalue weighted by atomic mass is 32.2. The molecule has 18 heavy (non-hydrogen) atoms. The van der Waals surface area contributed by atoms with Crippen molar-refractivity contribution in [3.05, 3.63) is 0 Å². The molecule has 2 unspecified atom stereocenters. The number of amides is 1. The van der Waals surface area contributed by atoms with E-state index in [1.807, 2.05) is 20.9 Å². The van der Waals surface area contributed by atoms with Gasteiger partial charge in [-0.1, -0.05) is 6.42 Å². The van der Waals surface area contributed by atoms with E-state index in [1.54, 1.807) is 4.90 Å². The first kappa shape index (κ1) is 17.6. The van der Waals surface area contributed by atoms with Crippen molar-refractivity contribution in [1.29, 1.82) is 0 Å². The number of carbonyl (C=O) groups excluding carboxylic acids is 1. The van der Waals surface area contributed by atoms with Gasteiger partial charge in [0.05, 0.1) is 0 Å². The van der Waals surface area contributed by atoms with Gasteiger partial charge >= 0.3 is 0 Å². The molecule has 1 N–H and O–H groups in total. The third-order valence-corrected chi connectivity index (χ3v) is 4.47. The maximum atomic E-state index is 11.8. The van der Waals surface area contributed by atoms with E-state index in [4.69, 9.17) is 0 Å². The molecule has 0 radical (unpaired) electrons. The van der Waals surface area contributed by atoms with Gasteiger partial charge in [-0.05, 0) is 40.7 Å². The van der Waals surface area contributed by atoms with Crippen LogP contribution >= 0.6 is 0 Å². The smallest absolute Gasteiger partial charge is 0.235 e. The minimum absolute atomic E-state index is 0.0157. The van der Waals surface area contributed by atoms with Gasteiger partial charge in [0.2, 0.25) is 5.91 Å². The predicted molar refractivity (Wildman–Crippen MR) is 78.2 cm³/mol. The van der Waals surface area contributed by atoms with Gasteiger partial charge < -0.3 is 10.2 Å². The molecule has 0 spiro atoms. The van der Waals surface area contributed by atoms with Crippen LogP contribution in [0.15, 0.2) is 0 Å². The zero-order chi connectivity index (χ0) is 14.0. The molecule has 0 aliphatic heterocycles. The van der Waals surface area contributed by atoms with Crippen molar-refractivity contribution in [1.82, 2.24) is 10.2 Å². The number of carbonyl (C=O) groups is 1. The normalized spacial score (nSPS) is 14.2. The highest BCUT2D eigenvalue weighted by Crippen LogP contribution is 2.02. The fraction of sp³-hybridized carbons (Fsp3) is 0.923. The van der Waals surface area contributed by atoms with Crippen molar-refractivity contribution in [2.24, 2.45) is 0 Å². The zero-order valence-corrected chi connectivity index (χ0v) is 13.0. The third kappa shape index (κ3) is 7.82. The van der Waals surface area contributed by atoms with Crippen LogP contribution in [0.3, 0.4) is 0 Å². The van der Waals surface area contributed by atoms with E-state index in [2.05, 4.69) is 12.2 Å². The maximum absolute atomic E-state index is 11.8. The van der Waals surface area contributed by atoms with E-state index in [-0.39, 0.29) is 11.7 Å². The molecule has 0 saturated heterocycles. The molecular weight excluding hydrogens is 248 g/mol. The SMILES string of the molecule is CCN(CC)C(=O)CS(=O)CCCCC(C)NC. The van der Waals surface area contributed by atoms with Crippen LogP contribution in [0.4, 0.5) is 0 Å². The third-order valence-electron chi connectivity index (χ3n) is 3.15. The summed E-state index contributed by atoms with van der Waals surface area (Å²) < 4.78 is 11.8. The van der Waals surface area contributed by atoms with Gasteiger partial charge in [0.15, 0.2) is 0 Å². The molecule has 108 valence electrons. The van der Waals surface area contributed by atoms with E-state index in [0.717, 1.165) is 19.3 Å². The molecule has 0 bridgehead atoms. The second kappa shape index (κ2) is 10.5. The second-order valence-corrected chi connectivity index (χ2v) is 6.12. The molecule has 0 aromatic rings. The number of hydrogen-bond donors (Lipinski definition) is 1. The van der Waals surface area contributed by atoms with Crippen molar-refractivity contribution in [3.8, 4) is 0 Å². The van der Waals surface area contributed by atoms with Crippen LogP contribution in [0.5, 0.6) is 0 Å². The predicted octanol–water partition coefficient (Wildman–Crippen LogP) is 1.38. The van der Waals surface area contributed by atoms with Crippen LogP contribution in [-0.2, 0) is 15.6 Å². The van der Waals surface area contributed by atoms with E-state index in [0.29, 0.717) is 24.9 Å². The Labute approximate surface area is 114 Å². The Kier molecular flexibility index (Phi) is 10.3. The Morgan fingerprint density at radius 1 is 1.28 bits per heavy atom. The highest BCUT2D eigenvalue weighted by Gasteiger charge is 2.13. The molecular formula is C13H28N2O2S. The van der Waals surface area contributed by atoms with Gasteiger partial charge in [0.1, 0.15) is 5.75 Å². The summed E-state index contributed by atoms with van der Waals surface area (Å²) in [5.41, 5.74) is 0. The topological polar surface area (TPSA) is 49.4 Å². The van der Waals surface area contributed by atoms with Gasteiger partial charge in [-0.2, -0.15) is 0 Å². The summed E-state index contributed by atoms with van der Waals surface area (Å²) in [6.07, 6.45) is 3.09. The van der Waals surface area contributed by atoms with E-state index in [1.165, 1.54) is 0 Å². The summed E-state index contributed by atoms with van der Waals surface area (Å²) in [4.78, 5) is 13.5. The minimum atomic E-state index is -1.00. The van der Waals surface area contributed by atoms with Crippen molar-refractivity contribution < 1.29 is 9.00 Å². The van der Waals surface area contributed by atoms with E-state index in [9.17, 15) is 9.00 Å². The summed E-state index contributed by atoms with van der Waals surface area (Å²) in [5, 5.41) is 3.18. The number of unbranched alkanes of at least 4 members (excludes halogenated alkanes) is 1. The fourth-order valence-electron chi connectivity index (χ4n) is 1.74. The van der Waals surface area contributed by atoms with Crippen LogP contribution in [0.1, 0.15) is 40.0 Å². The van der Waals surface area contributed by atoms with Crippen LogP contribution in [0, 0.1) is 0 Å². The average molecular weight is 276 g/mol. The summed E-state index contributed by atoms with van der Waals surface area (Å²) in [5.74, 6) is 0.842. The van der Waals surface area contributed by atoms with E-state index >= 15 is 0 Å². The Morgan fingerprint density at radius 3 is 2.39 bits per heavy atom. The lowest BCUT2D eigenvalue weighted by molar-refractivity contribution is -0.128. The molecule has 0 saturated carbocycles. The number of hydrogen-bond acceptors (Lipinski definition) is 3. The number of nitrogens with one attached hydrogen (secondary N) is 1. The number of nitrogens with zero attached hydrogens (tertiary/aromatic N) is 1. The summed E-state index contributed by atoms with van der Waals surface area (Å²) >= 11 is 0. The van der Waals surface area contributed by atoms with Crippen LogP contribution in [0.2, 0.25) is 0 Å². The van der Waals surface area contributed by atoms with Gasteiger partial charge in [0.25, 0.3) is 0 Å². The van der Waals surface area contributed by atoms with Gasteiger partial charge in [-0.25, -0.2) is 0 Å². The Balaban J connectivity index is 3.74. The molecule has 0 fully saturated rings. The van der Waals surface area contributed by atoms with Crippen LogP contribution in [-0.4, -0.2) is 52.7 Å². The lowest BCUT2D eigenvalue weighted by Gasteiger charge is -2.18. The lowest BCUT2D eigenvalue weighted by Crippen LogP contribution is -2.34. The molecule has 2 atom stereocenters. The molecule has 0 rings (SSSR count). The Hall–Kier alpha value is -0.420. The number of rotatable bonds is 10. The lowest BCUT2D eigenvalue weighted by atomic mass is 10.1. The van der Waals surface area contributed by atoms with Gasteiger partial charge in [-0.15, -0.1) is 0 Å². The van der Waals surface area contributed by atoms with Crippen molar-refractivity contribution in [2.45, 2.75) is 46.1 Å². The molecule has 4 nitrogen and oxygen atoms in total. The molecule has 0 aliphatic rings. The highest BCUT2D eigenvalue weighted by molar-refractivity contribution is 7.85. The van der Waals surface area contributed by atoms with Crippen molar-refractivity contribution in [2.75, 3.05) is 31.6 Å². The largest absolute Gasteiger partial charge is 0.342 e. The molecule has 1 amide bonds. The Morgan fingerprint density at radius 2 is 1.89 bits per heavy atom. The molecule has 0 aromatic heterocycles. The minimum Gasteiger partial charge on any atom is -0.342 e. The second-order valence-electron chi connectivity index (χ2n) is 4.54. The van der Waals surface area contributed by atoms with Crippen molar-refractivity contribution in [3.63, 3.8) is 0 Å². The zero-order valence-electron chi connectivity index (χ0n) is 12.2. The first-order valence-electron chi connectivity index (χ1n) is 6.85. The first-order valence-corrected chi connectivity index (χ1v) is 8.33. The summed E-state index contributed by atoms with van der Waals surface area (Å²) in [6, 6.07) is 0.510. The van der Waals surface area contributed by atoms with Crippen LogP contribution in [0.25, 0.3) is 0 Å². The van der Waals surface area contributed by atoms with Crippen LogP contribution < -0.4 is 5.32 Å². The van der Waals surface area contributed by atoms with Gasteiger partial charge in [0, 0.05) is 35.7 Å². The average Bonchev–Trinajstić information content (AvgIpc) is 2.35. The van der Waals surface area contributed by atoms with E-state index < -0.39 is 10.8 Å². The van der Waals surface area contributed by atoms with Crippen molar-refractivity contribution >= 4 is 16.7 Å². The fourth-order valence-corrected chi connectivity index (χ4v) is 2.86. The quantitative estimate of drug-likeness (QED) is 0.613. The first-order chi connectivity index (χ1) is 8.54. The maximum Gasteiger partial charge on any atom is 0.235 e. The Bertz CT molecular complexity index is 255. The summed E-state index contributed by atoms with van der Waals surface area (Å²) in [6.45, 7) is 7.44. The monoisotopic (exact) mass is 276 g/mol. The molecule has 0 aliphatic carbocycles. The summed E-state index contributed by atoms with van der Waals surface area (Å²) in [7, 11) is 0.948. The molecule has 0 heterocycles. The molecule has 5 heteroatoms. The molecule has 0 aromatic carbocycles.